The Labute approximate surface area is 258 Å². The van der Waals surface area contributed by atoms with Crippen LogP contribution in [0.1, 0.15) is 49.3 Å². The Bertz CT molecular complexity index is 1340. The van der Waals surface area contributed by atoms with Gasteiger partial charge in [0.2, 0.25) is 23.6 Å². The molecule has 4 N–H and O–H groups in total. The van der Waals surface area contributed by atoms with Crippen molar-refractivity contribution in [2.45, 2.75) is 70.6 Å². The largest absolute Gasteiger partial charge is 0.342 e. The first-order valence-corrected chi connectivity index (χ1v) is 15.4. The van der Waals surface area contributed by atoms with Gasteiger partial charge in [0.15, 0.2) is 0 Å². The van der Waals surface area contributed by atoms with Gasteiger partial charge in [-0.15, -0.1) is 0 Å². The molecule has 10 nitrogen and oxygen atoms in total. The monoisotopic (exact) mass is 610 g/mol. The van der Waals surface area contributed by atoms with Crippen LogP contribution in [-0.2, 0) is 32.1 Å². The van der Waals surface area contributed by atoms with Crippen molar-refractivity contribution in [3.8, 4) is 0 Å². The fourth-order valence-electron chi connectivity index (χ4n) is 5.80. The molecule has 0 aliphatic carbocycles. The summed E-state index contributed by atoms with van der Waals surface area (Å²) in [5, 5.41) is 6.27. The van der Waals surface area contributed by atoms with Crippen LogP contribution < -0.4 is 16.4 Å². The number of nitrogens with zero attached hydrogens (tertiary/aromatic N) is 3. The molecule has 2 aliphatic rings. The third-order valence-corrected chi connectivity index (χ3v) is 8.96. The molecule has 3 atom stereocenters. The van der Waals surface area contributed by atoms with Crippen LogP contribution in [0, 0.1) is 6.92 Å². The minimum Gasteiger partial charge on any atom is -0.342 e. The second kappa shape index (κ2) is 14.8. The number of amides is 4. The molecule has 43 heavy (non-hydrogen) atoms. The highest BCUT2D eigenvalue weighted by molar-refractivity contribution is 6.31. The molecule has 2 aromatic carbocycles. The zero-order valence-electron chi connectivity index (χ0n) is 25.3. The average molecular weight is 611 g/mol. The zero-order valence-corrected chi connectivity index (χ0v) is 26.0. The van der Waals surface area contributed by atoms with E-state index in [0.29, 0.717) is 36.3 Å². The number of hydrogen-bond donors (Lipinski definition) is 3. The van der Waals surface area contributed by atoms with E-state index in [4.69, 9.17) is 17.3 Å². The van der Waals surface area contributed by atoms with Crippen molar-refractivity contribution in [1.82, 2.24) is 20.0 Å². The topological polar surface area (TPSA) is 128 Å². The molecular formula is C32H43ClN6O4. The molecule has 2 aliphatic heterocycles. The molecule has 2 aromatic rings. The molecule has 2 heterocycles. The van der Waals surface area contributed by atoms with Crippen molar-refractivity contribution in [3.05, 3.63) is 64.2 Å². The molecule has 0 radical (unpaired) electrons. The molecular weight excluding hydrogens is 568 g/mol. The maximum atomic E-state index is 13.7. The number of carbonyl (C=O) groups excluding carboxylic acids is 4. The zero-order chi connectivity index (χ0) is 31.1. The van der Waals surface area contributed by atoms with E-state index in [-0.39, 0.29) is 44.2 Å². The van der Waals surface area contributed by atoms with E-state index >= 15 is 0 Å². The van der Waals surface area contributed by atoms with Crippen LogP contribution in [0.4, 0.5) is 5.69 Å². The van der Waals surface area contributed by atoms with E-state index < -0.39 is 23.9 Å². The second-order valence-corrected chi connectivity index (χ2v) is 11.9. The third-order valence-electron chi connectivity index (χ3n) is 8.54. The van der Waals surface area contributed by atoms with Gasteiger partial charge in [-0.05, 0) is 68.2 Å². The van der Waals surface area contributed by atoms with Gasteiger partial charge in [0.1, 0.15) is 12.1 Å². The van der Waals surface area contributed by atoms with Crippen LogP contribution >= 0.6 is 11.6 Å². The summed E-state index contributed by atoms with van der Waals surface area (Å²) in [4.78, 5) is 59.2. The first-order chi connectivity index (χ1) is 20.6. The number of rotatable bonds is 10. The predicted molar refractivity (Wildman–Crippen MR) is 167 cm³/mol. The van der Waals surface area contributed by atoms with Gasteiger partial charge in [-0.2, -0.15) is 0 Å². The molecule has 0 saturated carbocycles. The van der Waals surface area contributed by atoms with Crippen molar-refractivity contribution in [2.24, 2.45) is 5.73 Å². The van der Waals surface area contributed by atoms with Crippen molar-refractivity contribution < 1.29 is 19.2 Å². The SMILES string of the molecule is CC[C@H]1CN(C(=O)CCC(=O)N2Cc3ccccc3C[C@H]2C(=O)N[C@@H](CCN)C(=O)Nc2ccc(Cl)c(C)c2)CCN1C. The lowest BCUT2D eigenvalue weighted by atomic mass is 9.92. The van der Waals surface area contributed by atoms with E-state index in [0.717, 1.165) is 29.7 Å². The summed E-state index contributed by atoms with van der Waals surface area (Å²) >= 11 is 6.11. The highest BCUT2D eigenvalue weighted by atomic mass is 35.5. The number of anilines is 1. The van der Waals surface area contributed by atoms with Crippen LogP contribution in [0.25, 0.3) is 0 Å². The summed E-state index contributed by atoms with van der Waals surface area (Å²) in [7, 11) is 2.07. The molecule has 0 spiro atoms. The Morgan fingerprint density at radius 2 is 1.77 bits per heavy atom. The number of halogens is 1. The Morgan fingerprint density at radius 1 is 1.05 bits per heavy atom. The van der Waals surface area contributed by atoms with E-state index in [1.807, 2.05) is 36.1 Å². The molecule has 4 amide bonds. The third kappa shape index (κ3) is 8.13. The lowest BCUT2D eigenvalue weighted by Gasteiger charge is -2.39. The summed E-state index contributed by atoms with van der Waals surface area (Å²) in [5.74, 6) is -1.14. The van der Waals surface area contributed by atoms with Gasteiger partial charge in [0.05, 0.1) is 0 Å². The molecule has 1 saturated heterocycles. The number of nitrogens with one attached hydrogen (secondary N) is 2. The summed E-state index contributed by atoms with van der Waals surface area (Å²) in [6, 6.07) is 11.4. The fourth-order valence-corrected chi connectivity index (χ4v) is 5.92. The molecule has 0 unspecified atom stereocenters. The Hall–Kier alpha value is -3.47. The number of nitrogens with two attached hydrogens (primary N) is 1. The molecule has 232 valence electrons. The molecule has 1 fully saturated rings. The lowest BCUT2D eigenvalue weighted by molar-refractivity contribution is -0.144. The molecule has 11 heteroatoms. The summed E-state index contributed by atoms with van der Waals surface area (Å²) in [5.41, 5.74) is 9.11. The van der Waals surface area contributed by atoms with Gasteiger partial charge >= 0.3 is 0 Å². The quantitative estimate of drug-likeness (QED) is 0.380. The van der Waals surface area contributed by atoms with Crippen molar-refractivity contribution in [1.29, 1.82) is 0 Å². The average Bonchev–Trinajstić information content (AvgIpc) is 3.00. The Morgan fingerprint density at radius 3 is 2.47 bits per heavy atom. The Kier molecular flexibility index (Phi) is 11.2. The van der Waals surface area contributed by atoms with Crippen LogP contribution in [-0.4, -0.2) is 89.7 Å². The van der Waals surface area contributed by atoms with Crippen LogP contribution in [0.3, 0.4) is 0 Å². The number of carbonyl (C=O) groups is 4. The minimum atomic E-state index is -0.895. The lowest BCUT2D eigenvalue weighted by Crippen LogP contribution is -2.56. The number of likely N-dealkylation sites (N-methyl/N-ethyl adjacent to an activating group) is 1. The minimum absolute atomic E-state index is 0.0105. The summed E-state index contributed by atoms with van der Waals surface area (Å²) in [6.07, 6.45) is 1.58. The van der Waals surface area contributed by atoms with Gasteiger partial charge in [-0.3, -0.25) is 24.1 Å². The molecule has 0 bridgehead atoms. The fraction of sp³-hybridized carbons (Fsp3) is 0.500. The maximum absolute atomic E-state index is 13.7. The smallest absolute Gasteiger partial charge is 0.246 e. The molecule has 4 rings (SSSR count). The van der Waals surface area contributed by atoms with E-state index in [2.05, 4.69) is 29.5 Å². The summed E-state index contributed by atoms with van der Waals surface area (Å²) in [6.45, 7) is 6.48. The van der Waals surface area contributed by atoms with E-state index in [9.17, 15) is 19.2 Å². The first kappa shape index (κ1) is 32.4. The number of fused-ring (bicyclic) bond motifs is 1. The van der Waals surface area contributed by atoms with Crippen LogP contribution in [0.15, 0.2) is 42.5 Å². The normalized spacial score (nSPS) is 19.4. The number of piperazine rings is 1. The second-order valence-electron chi connectivity index (χ2n) is 11.5. The number of benzene rings is 2. The van der Waals surface area contributed by atoms with Gasteiger partial charge in [0.25, 0.3) is 0 Å². The first-order valence-electron chi connectivity index (χ1n) is 15.0. The van der Waals surface area contributed by atoms with Gasteiger partial charge < -0.3 is 26.2 Å². The van der Waals surface area contributed by atoms with E-state index in [1.165, 1.54) is 0 Å². The Balaban J connectivity index is 1.45. The van der Waals surface area contributed by atoms with E-state index in [1.54, 1.807) is 23.1 Å². The van der Waals surface area contributed by atoms with Crippen molar-refractivity contribution in [2.75, 3.05) is 38.5 Å². The van der Waals surface area contributed by atoms with Crippen molar-refractivity contribution >= 4 is 40.9 Å². The highest BCUT2D eigenvalue weighted by Crippen LogP contribution is 2.25. The van der Waals surface area contributed by atoms with Gasteiger partial charge in [-0.1, -0.05) is 42.8 Å². The predicted octanol–water partition coefficient (Wildman–Crippen LogP) is 2.71. The number of hydrogen-bond acceptors (Lipinski definition) is 6. The number of aryl methyl sites for hydroxylation is 1. The summed E-state index contributed by atoms with van der Waals surface area (Å²) < 4.78 is 0. The maximum Gasteiger partial charge on any atom is 0.246 e. The molecule has 0 aromatic heterocycles. The standard InChI is InChI=1S/C32H43ClN6O4/c1-4-25-20-38(16-15-37(25)3)29(40)11-12-30(41)39-19-23-8-6-5-7-22(23)18-28(39)32(43)36-27(13-14-34)31(42)35-24-9-10-26(33)21(2)17-24/h5-10,17,25,27-28H,4,11-16,18-20,34H2,1-3H3,(H,35,42)(H,36,43)/t25-,27-,28-/m0/s1. The van der Waals surface area contributed by atoms with Crippen LogP contribution in [0.2, 0.25) is 5.02 Å². The van der Waals surface area contributed by atoms with Crippen LogP contribution in [0.5, 0.6) is 0 Å². The highest BCUT2D eigenvalue weighted by Gasteiger charge is 2.36. The van der Waals surface area contributed by atoms with Crippen molar-refractivity contribution in [3.63, 3.8) is 0 Å². The van der Waals surface area contributed by atoms with Gasteiger partial charge in [-0.25, -0.2) is 0 Å². The van der Waals surface area contributed by atoms with Gasteiger partial charge in [0, 0.05) is 62.2 Å².